The van der Waals surface area contributed by atoms with E-state index in [-0.39, 0.29) is 11.9 Å². The van der Waals surface area contributed by atoms with Gasteiger partial charge >= 0.3 is 0 Å². The third-order valence-electron chi connectivity index (χ3n) is 4.85. The number of carbonyl (C=O) groups excluding carboxylic acids is 1. The van der Waals surface area contributed by atoms with Crippen molar-refractivity contribution in [3.8, 4) is 0 Å². The van der Waals surface area contributed by atoms with Gasteiger partial charge in [-0.2, -0.15) is 0 Å². The van der Waals surface area contributed by atoms with E-state index in [1.54, 1.807) is 36.4 Å². The summed E-state index contributed by atoms with van der Waals surface area (Å²) < 4.78 is 6.84. The van der Waals surface area contributed by atoms with E-state index in [4.69, 9.17) is 4.42 Å². The summed E-state index contributed by atoms with van der Waals surface area (Å²) in [5, 5.41) is 7.71. The Labute approximate surface area is 163 Å². The molecule has 0 unspecified atom stereocenters. The summed E-state index contributed by atoms with van der Waals surface area (Å²) in [6, 6.07) is 19.6. The van der Waals surface area contributed by atoms with Gasteiger partial charge in [-0.15, -0.1) is 0 Å². The number of furan rings is 1. The molecule has 0 bridgehead atoms. The number of amides is 1. The average Bonchev–Trinajstić information content (AvgIpc) is 3.09. The molecular formula is C22H15N3O4. The number of carbonyl (C=O) groups is 1. The van der Waals surface area contributed by atoms with E-state index in [9.17, 15) is 14.4 Å². The highest BCUT2D eigenvalue weighted by Gasteiger charge is 2.12. The Kier molecular flexibility index (Phi) is 3.80. The van der Waals surface area contributed by atoms with Crippen LogP contribution >= 0.6 is 0 Å². The van der Waals surface area contributed by atoms with Gasteiger partial charge < -0.3 is 9.73 Å². The molecule has 29 heavy (non-hydrogen) atoms. The molecule has 0 saturated carbocycles. The van der Waals surface area contributed by atoms with Crippen molar-refractivity contribution in [2.75, 3.05) is 5.32 Å². The second-order valence-corrected chi connectivity index (χ2v) is 6.74. The van der Waals surface area contributed by atoms with Gasteiger partial charge in [0.15, 0.2) is 0 Å². The number of aromatic nitrogens is 2. The molecule has 0 spiro atoms. The van der Waals surface area contributed by atoms with Crippen LogP contribution in [-0.4, -0.2) is 15.7 Å². The first kappa shape index (κ1) is 17.0. The molecule has 0 atom stereocenters. The van der Waals surface area contributed by atoms with Crippen LogP contribution in [0.1, 0.15) is 0 Å². The predicted octanol–water partition coefficient (Wildman–Crippen LogP) is 3.23. The summed E-state index contributed by atoms with van der Waals surface area (Å²) >= 11 is 0. The number of hydrogen-bond acceptors (Lipinski definition) is 4. The van der Waals surface area contributed by atoms with Crippen molar-refractivity contribution in [1.82, 2.24) is 9.78 Å². The number of fused-ring (bicyclic) bond motifs is 4. The second kappa shape index (κ2) is 6.49. The van der Waals surface area contributed by atoms with E-state index in [1.807, 2.05) is 30.3 Å². The van der Waals surface area contributed by atoms with Crippen LogP contribution in [0.15, 0.2) is 80.7 Å². The zero-order valence-electron chi connectivity index (χ0n) is 15.1. The Hall–Kier alpha value is -4.13. The van der Waals surface area contributed by atoms with E-state index in [0.29, 0.717) is 16.7 Å². The van der Waals surface area contributed by atoms with Gasteiger partial charge in [-0.3, -0.25) is 19.5 Å². The van der Waals surface area contributed by atoms with Crippen molar-refractivity contribution in [3.05, 3.63) is 87.4 Å². The van der Waals surface area contributed by atoms with Crippen molar-refractivity contribution in [1.29, 1.82) is 0 Å². The molecule has 2 heterocycles. The van der Waals surface area contributed by atoms with Crippen LogP contribution < -0.4 is 16.4 Å². The van der Waals surface area contributed by atoms with Crippen LogP contribution in [0.2, 0.25) is 0 Å². The largest absolute Gasteiger partial charge is 0.456 e. The Bertz CT molecular complexity index is 1520. The van der Waals surface area contributed by atoms with Gasteiger partial charge in [-0.1, -0.05) is 30.3 Å². The van der Waals surface area contributed by atoms with E-state index < -0.39 is 17.0 Å². The third-order valence-corrected chi connectivity index (χ3v) is 4.85. The molecule has 2 N–H and O–H groups in total. The number of aromatic amines is 1. The fraction of sp³-hybridized carbons (Fsp3) is 0.0455. The van der Waals surface area contributed by atoms with Gasteiger partial charge in [0, 0.05) is 22.5 Å². The third kappa shape index (κ3) is 2.89. The first-order valence-corrected chi connectivity index (χ1v) is 9.03. The molecule has 7 nitrogen and oxygen atoms in total. The number of nitrogens with one attached hydrogen (secondary N) is 2. The summed E-state index contributed by atoms with van der Waals surface area (Å²) in [4.78, 5) is 37.2. The van der Waals surface area contributed by atoms with Crippen LogP contribution in [0.25, 0.3) is 32.7 Å². The van der Waals surface area contributed by atoms with Gasteiger partial charge in [-0.05, 0) is 30.3 Å². The highest BCUT2D eigenvalue weighted by atomic mass is 16.3. The Morgan fingerprint density at radius 1 is 0.862 bits per heavy atom. The van der Waals surface area contributed by atoms with Gasteiger partial charge in [-0.25, -0.2) is 4.68 Å². The van der Waals surface area contributed by atoms with Gasteiger partial charge in [0.25, 0.3) is 11.1 Å². The molecule has 0 aliphatic carbocycles. The lowest BCUT2D eigenvalue weighted by molar-refractivity contribution is -0.117. The maximum atomic E-state index is 12.5. The maximum absolute atomic E-state index is 12.5. The molecule has 2 aromatic heterocycles. The molecule has 0 aliphatic heterocycles. The lowest BCUT2D eigenvalue weighted by atomic mass is 10.1. The van der Waals surface area contributed by atoms with Crippen LogP contribution in [0.3, 0.4) is 0 Å². The van der Waals surface area contributed by atoms with Gasteiger partial charge in [0.05, 0.1) is 10.8 Å². The smallest absolute Gasteiger partial charge is 0.273 e. The monoisotopic (exact) mass is 385 g/mol. The summed E-state index contributed by atoms with van der Waals surface area (Å²) in [5.74, 6) is -0.437. The molecule has 0 saturated heterocycles. The molecular weight excluding hydrogens is 370 g/mol. The first-order valence-electron chi connectivity index (χ1n) is 9.03. The lowest BCUT2D eigenvalue weighted by Crippen LogP contribution is -2.34. The number of nitrogens with zero attached hydrogens (tertiary/aromatic N) is 1. The fourth-order valence-corrected chi connectivity index (χ4v) is 3.51. The minimum Gasteiger partial charge on any atom is -0.456 e. The van der Waals surface area contributed by atoms with E-state index in [0.717, 1.165) is 21.0 Å². The van der Waals surface area contributed by atoms with Crippen molar-refractivity contribution in [2.24, 2.45) is 0 Å². The second-order valence-electron chi connectivity index (χ2n) is 6.74. The molecule has 7 heteroatoms. The molecule has 0 radical (unpaired) electrons. The highest BCUT2D eigenvalue weighted by Crippen LogP contribution is 2.30. The minimum absolute atomic E-state index is 0.271. The quantitative estimate of drug-likeness (QED) is 0.498. The number of rotatable bonds is 3. The highest BCUT2D eigenvalue weighted by molar-refractivity contribution is 6.06. The maximum Gasteiger partial charge on any atom is 0.273 e. The molecule has 3 aromatic carbocycles. The predicted molar refractivity (Wildman–Crippen MR) is 111 cm³/mol. The normalized spacial score (nSPS) is 11.3. The SMILES string of the molecule is O=C(Cn1[nH]c(=O)c2ccccc2c1=O)Nc1ccc2c(c1)oc1ccccc12. The number of para-hydroxylation sites is 1. The van der Waals surface area contributed by atoms with Crippen molar-refractivity contribution in [2.45, 2.75) is 6.54 Å². The molecule has 0 fully saturated rings. The van der Waals surface area contributed by atoms with Gasteiger partial charge in [0.2, 0.25) is 5.91 Å². The van der Waals surface area contributed by atoms with Crippen molar-refractivity contribution in [3.63, 3.8) is 0 Å². The van der Waals surface area contributed by atoms with Crippen LogP contribution in [0.5, 0.6) is 0 Å². The number of anilines is 1. The Balaban J connectivity index is 1.44. The summed E-state index contributed by atoms with van der Waals surface area (Å²) in [6.45, 7) is -0.308. The lowest BCUT2D eigenvalue weighted by Gasteiger charge is -2.08. The van der Waals surface area contributed by atoms with E-state index in [1.165, 1.54) is 0 Å². The number of benzene rings is 3. The Morgan fingerprint density at radius 2 is 1.55 bits per heavy atom. The fourth-order valence-electron chi connectivity index (χ4n) is 3.51. The van der Waals surface area contributed by atoms with E-state index >= 15 is 0 Å². The topological polar surface area (TPSA) is 97.1 Å². The molecule has 0 aliphatic rings. The first-order chi connectivity index (χ1) is 14.1. The molecule has 142 valence electrons. The summed E-state index contributed by atoms with van der Waals surface area (Å²) in [7, 11) is 0. The van der Waals surface area contributed by atoms with Crippen LogP contribution in [-0.2, 0) is 11.3 Å². The van der Waals surface area contributed by atoms with Gasteiger partial charge in [0.1, 0.15) is 17.7 Å². The zero-order valence-corrected chi connectivity index (χ0v) is 15.1. The average molecular weight is 385 g/mol. The number of hydrogen-bond donors (Lipinski definition) is 2. The van der Waals surface area contributed by atoms with Crippen LogP contribution in [0.4, 0.5) is 5.69 Å². The van der Waals surface area contributed by atoms with Crippen molar-refractivity contribution < 1.29 is 9.21 Å². The zero-order chi connectivity index (χ0) is 20.0. The molecule has 5 rings (SSSR count). The summed E-state index contributed by atoms with van der Waals surface area (Å²) in [5.41, 5.74) is 1.11. The summed E-state index contributed by atoms with van der Waals surface area (Å²) in [6.07, 6.45) is 0. The molecule has 5 aromatic rings. The van der Waals surface area contributed by atoms with Crippen molar-refractivity contribution >= 4 is 44.3 Å². The molecule has 1 amide bonds. The van der Waals surface area contributed by atoms with Crippen LogP contribution in [0, 0.1) is 0 Å². The number of H-pyrrole nitrogens is 1. The Morgan fingerprint density at radius 3 is 2.38 bits per heavy atom. The minimum atomic E-state index is -0.437. The standard InChI is InChI=1S/C22H15N3O4/c26-20(12-25-22(28)17-7-2-1-6-16(17)21(27)24-25)23-13-9-10-15-14-5-3-4-8-18(14)29-19(15)11-13/h1-11H,12H2,(H,23,26)(H,24,27). The van der Waals surface area contributed by atoms with E-state index in [2.05, 4.69) is 10.4 Å².